The van der Waals surface area contributed by atoms with E-state index in [0.717, 1.165) is 25.3 Å². The van der Waals surface area contributed by atoms with Gasteiger partial charge < -0.3 is 20.1 Å². The zero-order chi connectivity index (χ0) is 19.2. The van der Waals surface area contributed by atoms with Crippen LogP contribution in [0.1, 0.15) is 53.9 Å². The first-order valence-corrected chi connectivity index (χ1v) is 8.83. The lowest BCUT2D eigenvalue weighted by atomic mass is 9.44. The molecule has 2 fully saturated rings. The van der Waals surface area contributed by atoms with Crippen LogP contribution in [0.15, 0.2) is 12.2 Å². The molecule has 6 heteroatoms. The van der Waals surface area contributed by atoms with E-state index in [0.29, 0.717) is 0 Å². The normalized spacial score (nSPS) is 43.5. The SMILES string of the molecule is CC(=O)O[C@@H]1[C@H](O)[C@](C)(O)[C@H](/C=C/C(=O)O)[C@]2(C)CCCC(C)(C)[C@H]12. The maximum atomic E-state index is 11.6. The van der Waals surface area contributed by atoms with Gasteiger partial charge in [-0.2, -0.15) is 0 Å². The van der Waals surface area contributed by atoms with E-state index in [4.69, 9.17) is 9.84 Å². The molecule has 2 aliphatic rings. The van der Waals surface area contributed by atoms with Gasteiger partial charge in [-0.3, -0.25) is 4.79 Å². The van der Waals surface area contributed by atoms with Crippen molar-refractivity contribution in [2.24, 2.45) is 22.7 Å². The number of aliphatic carboxylic acids is 1. The maximum absolute atomic E-state index is 11.6. The van der Waals surface area contributed by atoms with Gasteiger partial charge in [0, 0.05) is 24.8 Å². The molecule has 0 aromatic heterocycles. The summed E-state index contributed by atoms with van der Waals surface area (Å²) in [6.07, 6.45) is 2.99. The summed E-state index contributed by atoms with van der Waals surface area (Å²) >= 11 is 0. The summed E-state index contributed by atoms with van der Waals surface area (Å²) in [6.45, 7) is 8.96. The molecule has 6 nitrogen and oxygen atoms in total. The number of carbonyl (C=O) groups excluding carboxylic acids is 1. The van der Waals surface area contributed by atoms with Crippen LogP contribution in [-0.4, -0.2) is 45.1 Å². The lowest BCUT2D eigenvalue weighted by molar-refractivity contribution is -0.261. The first-order chi connectivity index (χ1) is 11.3. The predicted molar refractivity (Wildman–Crippen MR) is 91.7 cm³/mol. The van der Waals surface area contributed by atoms with Crippen LogP contribution in [0.2, 0.25) is 0 Å². The Balaban J connectivity index is 2.61. The molecule has 0 unspecified atom stereocenters. The van der Waals surface area contributed by atoms with Gasteiger partial charge >= 0.3 is 11.9 Å². The number of ether oxygens (including phenoxy) is 1. The third-order valence-corrected chi connectivity index (χ3v) is 6.40. The zero-order valence-electron chi connectivity index (χ0n) is 15.7. The number of aliphatic hydroxyl groups is 2. The van der Waals surface area contributed by atoms with Crippen LogP contribution in [0, 0.1) is 22.7 Å². The summed E-state index contributed by atoms with van der Waals surface area (Å²) in [5.74, 6) is -2.36. The summed E-state index contributed by atoms with van der Waals surface area (Å²) in [4.78, 5) is 22.7. The second-order valence-corrected chi connectivity index (χ2v) is 8.75. The van der Waals surface area contributed by atoms with Crippen molar-refractivity contribution < 1.29 is 29.6 Å². The average Bonchev–Trinajstić information content (AvgIpc) is 2.42. The van der Waals surface area contributed by atoms with Crippen LogP contribution in [0.25, 0.3) is 0 Å². The number of carbonyl (C=O) groups is 2. The van der Waals surface area contributed by atoms with Gasteiger partial charge in [0.05, 0.1) is 5.60 Å². The Bertz CT molecular complexity index is 578. The highest BCUT2D eigenvalue weighted by atomic mass is 16.6. The lowest BCUT2D eigenvalue weighted by Gasteiger charge is -2.63. The molecule has 0 aromatic carbocycles. The zero-order valence-corrected chi connectivity index (χ0v) is 15.7. The Morgan fingerprint density at radius 3 is 2.28 bits per heavy atom. The van der Waals surface area contributed by atoms with Gasteiger partial charge in [-0.1, -0.05) is 33.3 Å². The fourth-order valence-electron chi connectivity index (χ4n) is 5.58. The molecule has 0 bridgehead atoms. The number of carboxylic acid groups (broad SMARTS) is 1. The molecule has 0 heterocycles. The molecule has 25 heavy (non-hydrogen) atoms. The second kappa shape index (κ2) is 6.40. The number of carboxylic acids is 1. The van der Waals surface area contributed by atoms with Gasteiger partial charge in [0.2, 0.25) is 0 Å². The molecular weight excluding hydrogens is 324 g/mol. The minimum Gasteiger partial charge on any atom is -0.478 e. The molecule has 0 radical (unpaired) electrons. The quantitative estimate of drug-likeness (QED) is 0.530. The maximum Gasteiger partial charge on any atom is 0.327 e. The van der Waals surface area contributed by atoms with Crippen LogP contribution < -0.4 is 0 Å². The van der Waals surface area contributed by atoms with E-state index in [1.807, 2.05) is 6.92 Å². The van der Waals surface area contributed by atoms with Crippen molar-refractivity contribution in [3.63, 3.8) is 0 Å². The van der Waals surface area contributed by atoms with Crippen LogP contribution in [-0.2, 0) is 14.3 Å². The minimum atomic E-state index is -1.61. The molecule has 0 aromatic rings. The summed E-state index contributed by atoms with van der Waals surface area (Å²) in [5, 5.41) is 31.0. The highest BCUT2D eigenvalue weighted by Gasteiger charge is 2.65. The van der Waals surface area contributed by atoms with E-state index < -0.39 is 41.1 Å². The molecular formula is C19H30O6. The standard InChI is InChI=1S/C19H30O6/c1-11(20)25-14-15-17(2,3)9-6-10-18(15,4)12(7-8-13(21)22)19(5,24)16(14)23/h7-8,12,14-16,23-24H,6,9-10H2,1-5H3,(H,21,22)/b8-7+/t12-,14+,15+,16+,18+,19-/m1/s1. The molecule has 0 spiro atoms. The molecule has 3 N–H and O–H groups in total. The Morgan fingerprint density at radius 2 is 1.76 bits per heavy atom. The molecule has 142 valence electrons. The molecule has 2 rings (SSSR count). The van der Waals surface area contributed by atoms with Crippen molar-refractivity contribution >= 4 is 11.9 Å². The molecule has 2 aliphatic carbocycles. The third kappa shape index (κ3) is 3.34. The minimum absolute atomic E-state index is 0.198. The smallest absolute Gasteiger partial charge is 0.327 e. The molecule has 0 saturated heterocycles. The van der Waals surface area contributed by atoms with Gasteiger partial charge in [-0.05, 0) is 30.6 Å². The van der Waals surface area contributed by atoms with Crippen molar-refractivity contribution in [2.45, 2.75) is 71.7 Å². The second-order valence-electron chi connectivity index (χ2n) is 8.75. The van der Waals surface area contributed by atoms with Gasteiger partial charge in [-0.25, -0.2) is 4.79 Å². The van der Waals surface area contributed by atoms with Gasteiger partial charge in [0.15, 0.2) is 0 Å². The number of hydrogen-bond donors (Lipinski definition) is 3. The molecule has 0 aliphatic heterocycles. The van der Waals surface area contributed by atoms with E-state index in [2.05, 4.69) is 13.8 Å². The number of rotatable bonds is 3. The highest BCUT2D eigenvalue weighted by molar-refractivity contribution is 5.79. The lowest BCUT2D eigenvalue weighted by Crippen LogP contribution is -2.70. The first kappa shape index (κ1) is 19.9. The Kier molecular flexibility index (Phi) is 5.10. The van der Waals surface area contributed by atoms with Crippen molar-refractivity contribution in [1.29, 1.82) is 0 Å². The Hall–Kier alpha value is -1.40. The summed E-state index contributed by atoms with van der Waals surface area (Å²) in [5.41, 5.74) is -2.33. The summed E-state index contributed by atoms with van der Waals surface area (Å²) in [6, 6.07) is 0. The van der Waals surface area contributed by atoms with Crippen LogP contribution in [0.4, 0.5) is 0 Å². The summed E-state index contributed by atoms with van der Waals surface area (Å²) in [7, 11) is 0. The topological polar surface area (TPSA) is 104 Å². The predicted octanol–water partition coefficient (Wildman–Crippen LogP) is 2.13. The van der Waals surface area contributed by atoms with Gasteiger partial charge in [0.25, 0.3) is 0 Å². The fraction of sp³-hybridized carbons (Fsp3) is 0.789. The highest BCUT2D eigenvalue weighted by Crippen LogP contribution is 2.62. The van der Waals surface area contributed by atoms with Gasteiger partial charge in [0.1, 0.15) is 12.2 Å². The number of hydrogen-bond acceptors (Lipinski definition) is 5. The van der Waals surface area contributed by atoms with Crippen LogP contribution in [0.3, 0.4) is 0 Å². The Labute approximate surface area is 148 Å². The Morgan fingerprint density at radius 1 is 1.16 bits per heavy atom. The fourth-order valence-corrected chi connectivity index (χ4v) is 5.58. The van der Waals surface area contributed by atoms with Crippen LogP contribution >= 0.6 is 0 Å². The van der Waals surface area contributed by atoms with Crippen molar-refractivity contribution in [3.8, 4) is 0 Å². The van der Waals surface area contributed by atoms with E-state index >= 15 is 0 Å². The van der Waals surface area contributed by atoms with E-state index in [1.54, 1.807) is 0 Å². The van der Waals surface area contributed by atoms with Crippen molar-refractivity contribution in [3.05, 3.63) is 12.2 Å². The van der Waals surface area contributed by atoms with Gasteiger partial charge in [-0.15, -0.1) is 0 Å². The summed E-state index contributed by atoms with van der Waals surface area (Å²) < 4.78 is 5.49. The average molecular weight is 354 g/mol. The molecule has 0 amide bonds. The first-order valence-electron chi connectivity index (χ1n) is 8.83. The monoisotopic (exact) mass is 354 g/mol. The van der Waals surface area contributed by atoms with E-state index in [1.165, 1.54) is 19.9 Å². The largest absolute Gasteiger partial charge is 0.478 e. The van der Waals surface area contributed by atoms with Crippen LogP contribution in [0.5, 0.6) is 0 Å². The van der Waals surface area contributed by atoms with Crippen molar-refractivity contribution in [1.82, 2.24) is 0 Å². The number of aliphatic hydroxyl groups excluding tert-OH is 1. The van der Waals surface area contributed by atoms with E-state index in [-0.39, 0.29) is 11.3 Å². The number of fused-ring (bicyclic) bond motifs is 1. The third-order valence-electron chi connectivity index (χ3n) is 6.40. The molecule has 2 saturated carbocycles. The molecule has 6 atom stereocenters. The van der Waals surface area contributed by atoms with Crippen molar-refractivity contribution in [2.75, 3.05) is 0 Å². The number of esters is 1. The van der Waals surface area contributed by atoms with E-state index in [9.17, 15) is 19.8 Å².